The zero-order chi connectivity index (χ0) is 12.0. The molecule has 0 spiro atoms. The minimum Gasteiger partial charge on any atom is -0.496 e. The standard InChI is InChI=1S/C15H21NO/c1-9-4-7-12(17-3)13-10(2)8-16-15(14(9)13)11-5-6-11/h4,7,10-11,15-16H,5-6,8H2,1-3H3. The number of hydrogen-bond acceptors (Lipinski definition) is 2. The van der Waals surface area contributed by atoms with Crippen molar-refractivity contribution in [1.29, 1.82) is 0 Å². The number of aryl methyl sites for hydroxylation is 1. The van der Waals surface area contributed by atoms with Crippen molar-refractivity contribution in [3.05, 3.63) is 28.8 Å². The number of fused-ring (bicyclic) bond motifs is 1. The Hall–Kier alpha value is -1.02. The number of hydrogen-bond donors (Lipinski definition) is 1. The molecule has 0 aromatic heterocycles. The second-order valence-corrected chi connectivity index (χ2v) is 5.54. The molecule has 0 bridgehead atoms. The molecular formula is C15H21NO. The summed E-state index contributed by atoms with van der Waals surface area (Å²) in [6.45, 7) is 5.60. The number of nitrogens with one attached hydrogen (secondary N) is 1. The summed E-state index contributed by atoms with van der Waals surface area (Å²) < 4.78 is 5.56. The summed E-state index contributed by atoms with van der Waals surface area (Å²) in [5, 5.41) is 3.72. The normalized spacial score (nSPS) is 27.7. The van der Waals surface area contributed by atoms with E-state index < -0.39 is 0 Å². The van der Waals surface area contributed by atoms with Crippen LogP contribution in [0.2, 0.25) is 0 Å². The van der Waals surface area contributed by atoms with Gasteiger partial charge in [-0.3, -0.25) is 0 Å². The van der Waals surface area contributed by atoms with E-state index in [0.29, 0.717) is 12.0 Å². The van der Waals surface area contributed by atoms with Crippen LogP contribution in [0.1, 0.15) is 48.4 Å². The van der Waals surface area contributed by atoms with Gasteiger partial charge in [-0.2, -0.15) is 0 Å². The molecule has 1 saturated carbocycles. The molecule has 0 saturated heterocycles. The third-order valence-corrected chi connectivity index (χ3v) is 4.23. The van der Waals surface area contributed by atoms with E-state index in [-0.39, 0.29) is 0 Å². The molecule has 1 aromatic carbocycles. The van der Waals surface area contributed by atoms with Gasteiger partial charge in [0.25, 0.3) is 0 Å². The van der Waals surface area contributed by atoms with E-state index in [2.05, 4.69) is 31.3 Å². The topological polar surface area (TPSA) is 21.3 Å². The highest BCUT2D eigenvalue weighted by atomic mass is 16.5. The molecule has 1 fully saturated rings. The van der Waals surface area contributed by atoms with E-state index in [1.807, 2.05) is 0 Å². The van der Waals surface area contributed by atoms with Crippen LogP contribution >= 0.6 is 0 Å². The van der Waals surface area contributed by atoms with E-state index in [0.717, 1.165) is 18.2 Å². The second kappa shape index (κ2) is 4.02. The van der Waals surface area contributed by atoms with Crippen LogP contribution in [0.4, 0.5) is 0 Å². The first-order valence-electron chi connectivity index (χ1n) is 6.63. The van der Waals surface area contributed by atoms with Gasteiger partial charge in [-0.25, -0.2) is 0 Å². The van der Waals surface area contributed by atoms with Crippen molar-refractivity contribution < 1.29 is 4.74 Å². The average molecular weight is 231 g/mol. The molecule has 2 nitrogen and oxygen atoms in total. The van der Waals surface area contributed by atoms with Gasteiger partial charge in [-0.15, -0.1) is 0 Å². The predicted molar refractivity (Wildman–Crippen MR) is 69.6 cm³/mol. The zero-order valence-electron chi connectivity index (χ0n) is 10.9. The summed E-state index contributed by atoms with van der Waals surface area (Å²) in [4.78, 5) is 0. The van der Waals surface area contributed by atoms with Gasteiger partial charge in [0.1, 0.15) is 5.75 Å². The maximum atomic E-state index is 5.56. The zero-order valence-corrected chi connectivity index (χ0v) is 10.9. The number of rotatable bonds is 2. The van der Waals surface area contributed by atoms with Crippen LogP contribution in [0.25, 0.3) is 0 Å². The Morgan fingerprint density at radius 2 is 2.00 bits per heavy atom. The van der Waals surface area contributed by atoms with Crippen LogP contribution < -0.4 is 10.1 Å². The summed E-state index contributed by atoms with van der Waals surface area (Å²) in [6.07, 6.45) is 2.75. The largest absolute Gasteiger partial charge is 0.496 e. The van der Waals surface area contributed by atoms with Gasteiger partial charge in [0.05, 0.1) is 7.11 Å². The van der Waals surface area contributed by atoms with Gasteiger partial charge in [-0.1, -0.05) is 13.0 Å². The maximum Gasteiger partial charge on any atom is 0.122 e. The minimum absolute atomic E-state index is 0.551. The quantitative estimate of drug-likeness (QED) is 0.844. The van der Waals surface area contributed by atoms with Gasteiger partial charge >= 0.3 is 0 Å². The van der Waals surface area contributed by atoms with Gasteiger partial charge in [0.15, 0.2) is 0 Å². The Kier molecular flexibility index (Phi) is 2.62. The van der Waals surface area contributed by atoms with Crippen LogP contribution in [0.5, 0.6) is 5.75 Å². The molecule has 1 aromatic rings. The first-order valence-corrected chi connectivity index (χ1v) is 6.63. The van der Waals surface area contributed by atoms with Gasteiger partial charge < -0.3 is 10.1 Å². The minimum atomic E-state index is 0.551. The first-order chi connectivity index (χ1) is 8.22. The summed E-state index contributed by atoms with van der Waals surface area (Å²) in [7, 11) is 1.78. The third-order valence-electron chi connectivity index (χ3n) is 4.23. The molecular weight excluding hydrogens is 210 g/mol. The van der Waals surface area contributed by atoms with E-state index in [9.17, 15) is 0 Å². The van der Waals surface area contributed by atoms with E-state index in [4.69, 9.17) is 4.74 Å². The Bertz CT molecular complexity index is 437. The molecule has 92 valence electrons. The number of ether oxygens (including phenoxy) is 1. The van der Waals surface area contributed by atoms with Crippen molar-refractivity contribution in [3.63, 3.8) is 0 Å². The Balaban J connectivity index is 2.14. The Morgan fingerprint density at radius 1 is 1.24 bits per heavy atom. The molecule has 0 radical (unpaired) electrons. The fraction of sp³-hybridized carbons (Fsp3) is 0.600. The van der Waals surface area contributed by atoms with Crippen LogP contribution in [-0.2, 0) is 0 Å². The molecule has 3 rings (SSSR count). The highest BCUT2D eigenvalue weighted by Gasteiger charge is 2.38. The van der Waals surface area contributed by atoms with Crippen molar-refractivity contribution in [2.24, 2.45) is 5.92 Å². The second-order valence-electron chi connectivity index (χ2n) is 5.54. The van der Waals surface area contributed by atoms with Crippen molar-refractivity contribution in [2.45, 2.75) is 38.6 Å². The molecule has 1 heterocycles. The summed E-state index contributed by atoms with van der Waals surface area (Å²) in [6, 6.07) is 4.89. The molecule has 17 heavy (non-hydrogen) atoms. The third kappa shape index (κ3) is 1.75. The number of benzene rings is 1. The molecule has 1 aliphatic heterocycles. The fourth-order valence-corrected chi connectivity index (χ4v) is 3.16. The van der Waals surface area contributed by atoms with Crippen molar-refractivity contribution in [2.75, 3.05) is 13.7 Å². The van der Waals surface area contributed by atoms with Gasteiger partial charge in [0, 0.05) is 18.2 Å². The molecule has 1 N–H and O–H groups in total. The molecule has 1 aliphatic carbocycles. The van der Waals surface area contributed by atoms with Crippen molar-refractivity contribution in [3.8, 4) is 5.75 Å². The van der Waals surface area contributed by atoms with E-state index in [1.54, 1.807) is 7.11 Å². The smallest absolute Gasteiger partial charge is 0.122 e. The Labute approximate surface area is 103 Å². The van der Waals surface area contributed by atoms with Crippen LogP contribution in [0.3, 0.4) is 0 Å². The van der Waals surface area contributed by atoms with Gasteiger partial charge in [0.2, 0.25) is 0 Å². The van der Waals surface area contributed by atoms with Crippen LogP contribution in [0.15, 0.2) is 12.1 Å². The highest BCUT2D eigenvalue weighted by molar-refractivity contribution is 5.50. The highest BCUT2D eigenvalue weighted by Crippen LogP contribution is 2.48. The summed E-state index contributed by atoms with van der Waals surface area (Å²) in [5.41, 5.74) is 4.38. The molecule has 2 aliphatic rings. The summed E-state index contributed by atoms with van der Waals surface area (Å²) in [5.74, 6) is 2.48. The Morgan fingerprint density at radius 3 is 2.65 bits per heavy atom. The fourth-order valence-electron chi connectivity index (χ4n) is 3.16. The molecule has 2 atom stereocenters. The van der Waals surface area contributed by atoms with Crippen LogP contribution in [-0.4, -0.2) is 13.7 Å². The first kappa shape index (κ1) is 11.1. The monoisotopic (exact) mass is 231 g/mol. The van der Waals surface area contributed by atoms with Crippen LogP contribution in [0, 0.1) is 12.8 Å². The molecule has 0 amide bonds. The predicted octanol–water partition coefficient (Wildman–Crippen LogP) is 3.16. The maximum absolute atomic E-state index is 5.56. The van der Waals surface area contributed by atoms with E-state index in [1.165, 1.54) is 29.5 Å². The molecule has 2 unspecified atom stereocenters. The SMILES string of the molecule is COc1ccc(C)c2c1C(C)CNC2C1CC1. The lowest BCUT2D eigenvalue weighted by Gasteiger charge is -2.33. The van der Waals surface area contributed by atoms with E-state index >= 15 is 0 Å². The van der Waals surface area contributed by atoms with Crippen molar-refractivity contribution in [1.82, 2.24) is 5.32 Å². The lowest BCUT2D eigenvalue weighted by molar-refractivity contribution is 0.380. The van der Waals surface area contributed by atoms with Gasteiger partial charge in [-0.05, 0) is 48.8 Å². The average Bonchev–Trinajstić information content (AvgIpc) is 3.15. The molecule has 2 heteroatoms. The summed E-state index contributed by atoms with van der Waals surface area (Å²) >= 11 is 0. The lowest BCUT2D eigenvalue weighted by atomic mass is 9.82. The van der Waals surface area contributed by atoms with Crippen molar-refractivity contribution >= 4 is 0 Å². The lowest BCUT2D eigenvalue weighted by Crippen LogP contribution is -2.34. The number of methoxy groups -OCH3 is 1.